The molecule has 1 unspecified atom stereocenters. The molecule has 6 nitrogen and oxygen atoms in total. The van der Waals surface area contributed by atoms with Crippen molar-refractivity contribution >= 4 is 5.91 Å². The molecule has 2 rings (SSSR count). The fourth-order valence-corrected chi connectivity index (χ4v) is 1.59. The summed E-state index contributed by atoms with van der Waals surface area (Å²) in [7, 11) is 0. The van der Waals surface area contributed by atoms with Crippen molar-refractivity contribution in [1.29, 1.82) is 0 Å². The Labute approximate surface area is 98.9 Å². The number of benzene rings is 1. The molecule has 0 saturated carbocycles. The Bertz CT molecular complexity index is 422. The summed E-state index contributed by atoms with van der Waals surface area (Å²) in [5.41, 5.74) is 11.5. The van der Waals surface area contributed by atoms with Crippen LogP contribution in [0.4, 0.5) is 0 Å². The van der Waals surface area contributed by atoms with Gasteiger partial charge in [-0.2, -0.15) is 0 Å². The molecule has 1 aliphatic heterocycles. The molecule has 5 N–H and O–H groups in total. The van der Waals surface area contributed by atoms with Gasteiger partial charge in [0.2, 0.25) is 12.7 Å². The topological polar surface area (TPSA) is 99.6 Å². The van der Waals surface area contributed by atoms with Crippen molar-refractivity contribution in [3.8, 4) is 11.5 Å². The second kappa shape index (κ2) is 5.03. The highest BCUT2D eigenvalue weighted by Crippen LogP contribution is 2.35. The third kappa shape index (κ3) is 2.66. The predicted molar refractivity (Wildman–Crippen MR) is 61.4 cm³/mol. The van der Waals surface area contributed by atoms with Gasteiger partial charge in [-0.05, 0) is 6.07 Å². The van der Waals surface area contributed by atoms with E-state index in [-0.39, 0.29) is 6.79 Å². The van der Waals surface area contributed by atoms with Crippen LogP contribution in [-0.2, 0) is 11.3 Å². The van der Waals surface area contributed by atoms with Gasteiger partial charge in [-0.25, -0.2) is 0 Å². The zero-order valence-corrected chi connectivity index (χ0v) is 9.31. The van der Waals surface area contributed by atoms with Crippen molar-refractivity contribution in [2.75, 3.05) is 13.3 Å². The lowest BCUT2D eigenvalue weighted by atomic mass is 10.2. The Hall–Kier alpha value is -1.79. The number of hydrogen-bond acceptors (Lipinski definition) is 5. The molecule has 1 aromatic rings. The van der Waals surface area contributed by atoms with Gasteiger partial charge in [0, 0.05) is 18.7 Å². The standard InChI is InChI=1S/C11H15N3O3/c12-8(11(13)15)5-14-4-7-2-1-3-9-10(7)17-6-16-9/h1-3,8,14H,4-6,12H2,(H2,13,15). The van der Waals surface area contributed by atoms with Gasteiger partial charge in [0.15, 0.2) is 11.5 Å². The molecule has 0 radical (unpaired) electrons. The maximum absolute atomic E-state index is 10.7. The number of nitrogens with two attached hydrogens (primary N) is 2. The quantitative estimate of drug-likeness (QED) is 0.630. The molecule has 1 heterocycles. The molecule has 0 spiro atoms. The van der Waals surface area contributed by atoms with Crippen LogP contribution in [-0.4, -0.2) is 25.3 Å². The fourth-order valence-electron chi connectivity index (χ4n) is 1.59. The molecule has 1 amide bonds. The minimum Gasteiger partial charge on any atom is -0.454 e. The third-order valence-electron chi connectivity index (χ3n) is 2.52. The Balaban J connectivity index is 1.92. The molecule has 1 aromatic carbocycles. The monoisotopic (exact) mass is 237 g/mol. The van der Waals surface area contributed by atoms with Gasteiger partial charge in [0.25, 0.3) is 0 Å². The van der Waals surface area contributed by atoms with Crippen LogP contribution in [0.25, 0.3) is 0 Å². The number of nitrogens with one attached hydrogen (secondary N) is 1. The molecule has 6 heteroatoms. The van der Waals surface area contributed by atoms with Crippen molar-refractivity contribution in [2.45, 2.75) is 12.6 Å². The lowest BCUT2D eigenvalue weighted by Gasteiger charge is -2.10. The molecular weight excluding hydrogens is 222 g/mol. The first-order chi connectivity index (χ1) is 8.18. The highest BCUT2D eigenvalue weighted by atomic mass is 16.7. The van der Waals surface area contributed by atoms with Crippen molar-refractivity contribution in [3.05, 3.63) is 23.8 Å². The zero-order chi connectivity index (χ0) is 12.3. The lowest BCUT2D eigenvalue weighted by molar-refractivity contribution is -0.119. The zero-order valence-electron chi connectivity index (χ0n) is 9.31. The lowest BCUT2D eigenvalue weighted by Crippen LogP contribution is -2.44. The van der Waals surface area contributed by atoms with E-state index >= 15 is 0 Å². The van der Waals surface area contributed by atoms with Crippen LogP contribution < -0.4 is 26.3 Å². The highest BCUT2D eigenvalue weighted by Gasteiger charge is 2.17. The summed E-state index contributed by atoms with van der Waals surface area (Å²) in [5, 5.41) is 3.05. The van der Waals surface area contributed by atoms with E-state index < -0.39 is 11.9 Å². The maximum atomic E-state index is 10.7. The van der Waals surface area contributed by atoms with Crippen LogP contribution in [0.3, 0.4) is 0 Å². The molecule has 0 aromatic heterocycles. The summed E-state index contributed by atoms with van der Waals surface area (Å²) in [6.45, 7) is 1.13. The van der Waals surface area contributed by atoms with Crippen molar-refractivity contribution in [1.82, 2.24) is 5.32 Å². The first-order valence-electron chi connectivity index (χ1n) is 5.31. The normalized spacial score (nSPS) is 14.6. The highest BCUT2D eigenvalue weighted by molar-refractivity contribution is 5.79. The van der Waals surface area contributed by atoms with Crippen molar-refractivity contribution in [3.63, 3.8) is 0 Å². The first-order valence-corrected chi connectivity index (χ1v) is 5.31. The largest absolute Gasteiger partial charge is 0.454 e. The summed E-state index contributed by atoms with van der Waals surface area (Å²) < 4.78 is 10.6. The minimum absolute atomic E-state index is 0.243. The number of para-hydroxylation sites is 1. The molecule has 17 heavy (non-hydrogen) atoms. The Morgan fingerprint density at radius 3 is 3.06 bits per heavy atom. The molecule has 0 fully saturated rings. The van der Waals surface area contributed by atoms with Crippen LogP contribution >= 0.6 is 0 Å². The Morgan fingerprint density at radius 1 is 1.47 bits per heavy atom. The number of amides is 1. The summed E-state index contributed by atoms with van der Waals surface area (Å²) in [6, 6.07) is 4.99. The van der Waals surface area contributed by atoms with Gasteiger partial charge < -0.3 is 26.3 Å². The second-order valence-electron chi connectivity index (χ2n) is 3.79. The van der Waals surface area contributed by atoms with Gasteiger partial charge in [0.05, 0.1) is 6.04 Å². The molecule has 1 aliphatic rings. The van der Waals surface area contributed by atoms with Gasteiger partial charge >= 0.3 is 0 Å². The predicted octanol–water partition coefficient (Wildman–Crippen LogP) is -0.683. The van der Waals surface area contributed by atoms with Crippen LogP contribution in [0.5, 0.6) is 11.5 Å². The van der Waals surface area contributed by atoms with Crippen molar-refractivity contribution in [2.24, 2.45) is 11.5 Å². The molecule has 0 bridgehead atoms. The van der Waals surface area contributed by atoms with E-state index in [1.54, 1.807) is 0 Å². The van der Waals surface area contributed by atoms with E-state index in [0.717, 1.165) is 17.1 Å². The summed E-state index contributed by atoms with van der Waals surface area (Å²) in [6.07, 6.45) is 0. The first kappa shape index (κ1) is 11.7. The van der Waals surface area contributed by atoms with Gasteiger partial charge in [-0.1, -0.05) is 12.1 Å². The van der Waals surface area contributed by atoms with E-state index in [1.807, 2.05) is 18.2 Å². The van der Waals surface area contributed by atoms with Gasteiger partial charge in [-0.3, -0.25) is 4.79 Å². The van der Waals surface area contributed by atoms with E-state index in [4.69, 9.17) is 20.9 Å². The number of primary amides is 1. The fraction of sp³-hybridized carbons (Fsp3) is 0.364. The molecule has 0 aliphatic carbocycles. The number of carbonyl (C=O) groups is 1. The van der Waals surface area contributed by atoms with Gasteiger partial charge in [0.1, 0.15) is 0 Å². The summed E-state index contributed by atoms with van der Waals surface area (Å²) in [5.74, 6) is 0.964. The molecule has 92 valence electrons. The average Bonchev–Trinajstić information content (AvgIpc) is 2.77. The van der Waals surface area contributed by atoms with Crippen LogP contribution in [0.2, 0.25) is 0 Å². The molecular formula is C11H15N3O3. The van der Waals surface area contributed by atoms with Crippen molar-refractivity contribution < 1.29 is 14.3 Å². The Kier molecular flexibility index (Phi) is 3.46. The number of fused-ring (bicyclic) bond motifs is 1. The number of carbonyl (C=O) groups excluding carboxylic acids is 1. The SMILES string of the molecule is NC(=O)C(N)CNCc1cccc2c1OCO2. The molecule has 0 saturated heterocycles. The second-order valence-corrected chi connectivity index (χ2v) is 3.79. The van der Waals surface area contributed by atoms with E-state index in [9.17, 15) is 4.79 Å². The third-order valence-corrected chi connectivity index (χ3v) is 2.52. The maximum Gasteiger partial charge on any atom is 0.235 e. The summed E-state index contributed by atoms with van der Waals surface area (Å²) in [4.78, 5) is 10.7. The minimum atomic E-state index is -0.677. The Morgan fingerprint density at radius 2 is 2.29 bits per heavy atom. The summed E-state index contributed by atoms with van der Waals surface area (Å²) >= 11 is 0. The average molecular weight is 237 g/mol. The number of hydrogen-bond donors (Lipinski definition) is 3. The van der Waals surface area contributed by atoms with E-state index in [0.29, 0.717) is 13.1 Å². The smallest absolute Gasteiger partial charge is 0.235 e. The van der Waals surface area contributed by atoms with Gasteiger partial charge in [-0.15, -0.1) is 0 Å². The van der Waals surface area contributed by atoms with Crippen LogP contribution in [0.1, 0.15) is 5.56 Å². The van der Waals surface area contributed by atoms with Crippen LogP contribution in [0, 0.1) is 0 Å². The van der Waals surface area contributed by atoms with E-state index in [2.05, 4.69) is 5.32 Å². The number of ether oxygens (including phenoxy) is 2. The van der Waals surface area contributed by atoms with E-state index in [1.165, 1.54) is 0 Å². The molecule has 1 atom stereocenters. The number of rotatable bonds is 5. The van der Waals surface area contributed by atoms with Crippen LogP contribution in [0.15, 0.2) is 18.2 Å².